The lowest BCUT2D eigenvalue weighted by Gasteiger charge is -2.32. The van der Waals surface area contributed by atoms with E-state index in [4.69, 9.17) is 0 Å². The molecule has 3 rings (SSSR count). The van der Waals surface area contributed by atoms with Crippen molar-refractivity contribution in [2.75, 3.05) is 45.8 Å². The highest BCUT2D eigenvalue weighted by atomic mass is 16.1. The Hall–Kier alpha value is -1.39. The molecule has 2 fully saturated rings. The van der Waals surface area contributed by atoms with Gasteiger partial charge in [-0.1, -0.05) is 30.3 Å². The monoisotopic (exact) mass is 329 g/mol. The predicted molar refractivity (Wildman–Crippen MR) is 98.0 cm³/mol. The molecule has 2 aliphatic heterocycles. The number of likely N-dealkylation sites (tertiary alicyclic amines) is 1. The Labute approximate surface area is 146 Å². The summed E-state index contributed by atoms with van der Waals surface area (Å²) in [5.41, 5.74) is 1.49. The van der Waals surface area contributed by atoms with Crippen LogP contribution in [0.4, 0.5) is 0 Å². The third kappa shape index (κ3) is 5.60. The van der Waals surface area contributed by atoms with Crippen LogP contribution in [0, 0.1) is 5.92 Å². The topological polar surface area (TPSA) is 35.6 Å². The maximum absolute atomic E-state index is 11.4. The number of hydrogen-bond donors (Lipinski definition) is 1. The average Bonchev–Trinajstić information content (AvgIpc) is 2.82. The average molecular weight is 329 g/mol. The van der Waals surface area contributed by atoms with E-state index in [-0.39, 0.29) is 5.91 Å². The van der Waals surface area contributed by atoms with Gasteiger partial charge in [-0.15, -0.1) is 0 Å². The normalized spacial score (nSPS) is 21.4. The second-order valence-corrected chi connectivity index (χ2v) is 7.27. The van der Waals surface area contributed by atoms with E-state index in [2.05, 4.69) is 45.4 Å². The Kier molecular flexibility index (Phi) is 6.67. The molecule has 0 bridgehead atoms. The molecule has 4 nitrogen and oxygen atoms in total. The smallest absolute Gasteiger partial charge is 0.221 e. The Balaban J connectivity index is 1.30. The van der Waals surface area contributed by atoms with E-state index >= 15 is 0 Å². The van der Waals surface area contributed by atoms with Crippen LogP contribution in [0.3, 0.4) is 0 Å². The number of hydrogen-bond acceptors (Lipinski definition) is 3. The fourth-order valence-electron chi connectivity index (χ4n) is 3.92. The molecule has 0 unspecified atom stereocenters. The third-order valence-corrected chi connectivity index (χ3v) is 5.43. The van der Waals surface area contributed by atoms with Gasteiger partial charge >= 0.3 is 0 Å². The fraction of sp³-hybridized carbons (Fsp3) is 0.650. The summed E-state index contributed by atoms with van der Waals surface area (Å²) in [5, 5.41) is 2.95. The molecule has 0 spiro atoms. The summed E-state index contributed by atoms with van der Waals surface area (Å²) >= 11 is 0. The van der Waals surface area contributed by atoms with Crippen LogP contribution in [-0.2, 0) is 11.2 Å². The van der Waals surface area contributed by atoms with Gasteiger partial charge in [-0.3, -0.25) is 4.79 Å². The van der Waals surface area contributed by atoms with E-state index in [1.54, 1.807) is 0 Å². The minimum absolute atomic E-state index is 0.206. The van der Waals surface area contributed by atoms with Gasteiger partial charge in [0.25, 0.3) is 0 Å². The maximum atomic E-state index is 11.4. The Bertz CT molecular complexity index is 497. The molecular formula is C20H31N3O. The quantitative estimate of drug-likeness (QED) is 0.869. The van der Waals surface area contributed by atoms with Gasteiger partial charge in [-0.25, -0.2) is 0 Å². The van der Waals surface area contributed by atoms with Crippen LogP contribution >= 0.6 is 0 Å². The molecule has 2 heterocycles. The van der Waals surface area contributed by atoms with Crippen LogP contribution in [-0.4, -0.2) is 61.5 Å². The van der Waals surface area contributed by atoms with E-state index in [0.29, 0.717) is 6.42 Å². The lowest BCUT2D eigenvalue weighted by Crippen LogP contribution is -2.37. The molecule has 1 aromatic rings. The molecule has 0 saturated carbocycles. The van der Waals surface area contributed by atoms with Crippen molar-refractivity contribution < 1.29 is 4.79 Å². The van der Waals surface area contributed by atoms with Crippen LogP contribution in [0.15, 0.2) is 30.3 Å². The van der Waals surface area contributed by atoms with Crippen LogP contribution in [0.1, 0.15) is 31.2 Å². The Morgan fingerprint density at radius 2 is 1.67 bits per heavy atom. The van der Waals surface area contributed by atoms with Crippen molar-refractivity contribution in [3.63, 3.8) is 0 Å². The van der Waals surface area contributed by atoms with Crippen molar-refractivity contribution in [2.24, 2.45) is 5.92 Å². The van der Waals surface area contributed by atoms with Gasteiger partial charge in [0.2, 0.25) is 5.91 Å². The first-order valence-electron chi connectivity index (χ1n) is 9.55. The molecule has 24 heavy (non-hydrogen) atoms. The second-order valence-electron chi connectivity index (χ2n) is 7.27. The van der Waals surface area contributed by atoms with Crippen molar-refractivity contribution >= 4 is 5.91 Å². The number of nitrogens with one attached hydrogen (secondary N) is 1. The lowest BCUT2D eigenvalue weighted by atomic mass is 9.90. The van der Waals surface area contributed by atoms with Gasteiger partial charge in [0.15, 0.2) is 0 Å². The fourth-order valence-corrected chi connectivity index (χ4v) is 3.92. The van der Waals surface area contributed by atoms with E-state index in [9.17, 15) is 4.79 Å². The molecule has 0 aromatic heterocycles. The van der Waals surface area contributed by atoms with E-state index in [0.717, 1.165) is 32.1 Å². The summed E-state index contributed by atoms with van der Waals surface area (Å²) in [4.78, 5) is 16.4. The minimum Gasteiger partial charge on any atom is -0.355 e. The van der Waals surface area contributed by atoms with Crippen LogP contribution in [0.2, 0.25) is 0 Å². The maximum Gasteiger partial charge on any atom is 0.221 e. The summed E-state index contributed by atoms with van der Waals surface area (Å²) in [7, 11) is 0. The highest BCUT2D eigenvalue weighted by Gasteiger charge is 2.19. The first kappa shape index (κ1) is 17.4. The van der Waals surface area contributed by atoms with Crippen LogP contribution in [0.5, 0.6) is 0 Å². The molecule has 0 atom stereocenters. The summed E-state index contributed by atoms with van der Waals surface area (Å²) in [6.45, 7) is 7.56. The van der Waals surface area contributed by atoms with Gasteiger partial charge in [0.1, 0.15) is 0 Å². The zero-order valence-corrected chi connectivity index (χ0v) is 14.8. The molecule has 0 aliphatic carbocycles. The lowest BCUT2D eigenvalue weighted by molar-refractivity contribution is -0.120. The Morgan fingerprint density at radius 3 is 2.42 bits per heavy atom. The summed E-state index contributed by atoms with van der Waals surface area (Å²) < 4.78 is 0. The number of nitrogens with zero attached hydrogens (tertiary/aromatic N) is 2. The van der Waals surface area contributed by atoms with Crippen molar-refractivity contribution in [1.29, 1.82) is 0 Å². The van der Waals surface area contributed by atoms with Gasteiger partial charge in [0, 0.05) is 26.1 Å². The van der Waals surface area contributed by atoms with Gasteiger partial charge in [-0.2, -0.15) is 0 Å². The van der Waals surface area contributed by atoms with E-state index < -0.39 is 0 Å². The van der Waals surface area contributed by atoms with Crippen LogP contribution < -0.4 is 5.32 Å². The highest BCUT2D eigenvalue weighted by Crippen LogP contribution is 2.21. The summed E-state index contributed by atoms with van der Waals surface area (Å²) in [5.74, 6) is 1.06. The van der Waals surface area contributed by atoms with E-state index in [1.165, 1.54) is 50.9 Å². The number of carbonyl (C=O) groups is 1. The van der Waals surface area contributed by atoms with Gasteiger partial charge in [-0.05, 0) is 63.3 Å². The largest absolute Gasteiger partial charge is 0.355 e. The van der Waals surface area contributed by atoms with Crippen molar-refractivity contribution in [1.82, 2.24) is 15.1 Å². The molecule has 1 aromatic carbocycles. The predicted octanol–water partition coefficient (Wildman–Crippen LogP) is 2.15. The van der Waals surface area contributed by atoms with Crippen molar-refractivity contribution in [3.8, 4) is 0 Å². The molecule has 1 N–H and O–H groups in total. The number of piperidine rings is 1. The minimum atomic E-state index is 0.206. The third-order valence-electron chi connectivity index (χ3n) is 5.43. The number of amides is 1. The zero-order chi connectivity index (χ0) is 16.6. The number of carbonyl (C=O) groups excluding carboxylic acids is 1. The molecule has 4 heteroatoms. The first-order chi connectivity index (χ1) is 11.8. The molecule has 1 amide bonds. The summed E-state index contributed by atoms with van der Waals surface area (Å²) in [6, 6.07) is 10.9. The SMILES string of the molecule is O=C1CCN(CCCN2CCC(Cc3ccccc3)CC2)CCN1. The molecule has 132 valence electrons. The molecular weight excluding hydrogens is 298 g/mol. The molecule has 2 aliphatic rings. The van der Waals surface area contributed by atoms with Crippen molar-refractivity contribution in [3.05, 3.63) is 35.9 Å². The number of rotatable bonds is 6. The standard InChI is InChI=1S/C20H31N3O/c24-20-9-15-23(16-10-21-20)12-4-11-22-13-7-19(8-14-22)17-18-5-2-1-3-6-18/h1-3,5-6,19H,4,7-17H2,(H,21,24). The van der Waals surface area contributed by atoms with E-state index in [1.807, 2.05) is 0 Å². The zero-order valence-electron chi connectivity index (χ0n) is 14.8. The highest BCUT2D eigenvalue weighted by molar-refractivity contribution is 5.76. The summed E-state index contributed by atoms with van der Waals surface area (Å²) in [6.07, 6.45) is 5.78. The number of benzene rings is 1. The van der Waals surface area contributed by atoms with Gasteiger partial charge in [0.05, 0.1) is 0 Å². The molecule has 0 radical (unpaired) electrons. The Morgan fingerprint density at radius 1 is 0.958 bits per heavy atom. The second kappa shape index (κ2) is 9.19. The molecule has 2 saturated heterocycles. The van der Waals surface area contributed by atoms with Crippen molar-refractivity contribution in [2.45, 2.75) is 32.1 Å². The first-order valence-corrected chi connectivity index (χ1v) is 9.55. The van der Waals surface area contributed by atoms with Crippen LogP contribution in [0.25, 0.3) is 0 Å². The van der Waals surface area contributed by atoms with Gasteiger partial charge < -0.3 is 15.1 Å².